The molecule has 6 rings (SSSR count). The third kappa shape index (κ3) is 9.14. The zero-order valence-electron chi connectivity index (χ0n) is 32.0. The van der Waals surface area contributed by atoms with Gasteiger partial charge in [0.1, 0.15) is 11.6 Å². The minimum absolute atomic E-state index is 0.0516. The van der Waals surface area contributed by atoms with E-state index in [9.17, 15) is 22.8 Å². The predicted octanol–water partition coefficient (Wildman–Crippen LogP) is 7.42. The highest BCUT2D eigenvalue weighted by molar-refractivity contribution is 7.90. The fourth-order valence-electron chi connectivity index (χ4n) is 6.68. The molecule has 11 nitrogen and oxygen atoms in total. The van der Waals surface area contributed by atoms with Crippen LogP contribution in [0.1, 0.15) is 64.2 Å². The number of anilines is 1. The zero-order valence-corrected chi connectivity index (χ0v) is 32.8. The molecule has 1 aliphatic heterocycles. The van der Waals surface area contributed by atoms with Gasteiger partial charge in [-0.1, -0.05) is 84.4 Å². The Morgan fingerprint density at radius 2 is 1.53 bits per heavy atom. The van der Waals surface area contributed by atoms with Crippen molar-refractivity contribution >= 4 is 33.6 Å². The van der Waals surface area contributed by atoms with Crippen LogP contribution in [0.5, 0.6) is 0 Å². The molecular weight excluding hydrogens is 715 g/mol. The number of nitrogens with zero attached hydrogens (tertiary/aromatic N) is 3. The molecule has 0 bridgehead atoms. The van der Waals surface area contributed by atoms with E-state index in [2.05, 4.69) is 15.6 Å². The average molecular weight is 762 g/mol. The Balaban J connectivity index is 1.22. The van der Waals surface area contributed by atoms with Gasteiger partial charge in [-0.05, 0) is 94.8 Å². The maximum absolute atomic E-state index is 14.2. The number of ether oxygens (including phenoxy) is 1. The van der Waals surface area contributed by atoms with Crippen molar-refractivity contribution in [2.45, 2.75) is 89.4 Å². The van der Waals surface area contributed by atoms with Crippen LogP contribution in [0.2, 0.25) is 0 Å². The van der Waals surface area contributed by atoms with Gasteiger partial charge in [-0.15, -0.1) is 0 Å². The van der Waals surface area contributed by atoms with Gasteiger partial charge in [0.25, 0.3) is 10.0 Å². The number of aromatic nitrogens is 2. The van der Waals surface area contributed by atoms with E-state index in [1.54, 1.807) is 63.8 Å². The molecule has 4 aromatic carbocycles. The first-order valence-corrected chi connectivity index (χ1v) is 19.7. The van der Waals surface area contributed by atoms with Crippen LogP contribution in [0.15, 0.2) is 114 Å². The number of aryl methyl sites for hydroxylation is 2. The van der Waals surface area contributed by atoms with Gasteiger partial charge in [0, 0.05) is 35.6 Å². The standard InChI is InChI=1S/C43H47N5O6S/c1-29-15-22-33(23-16-29)55(52,53)48-26-25-44-39(48)35-13-9-8-12-34(35)31-19-17-30(18-20-31)28-47-37-14-10-7-11-32(37)21-24-36(40(47)50)45-38(49)27-43(5,6)46-41(51)54-42(2,3)4/h7-20,22-23,25-26,36H,21,24,27-28H2,1-6H3,(H,45,49)(H,46,51)/t36-/m1/s1. The monoisotopic (exact) mass is 761 g/mol. The summed E-state index contributed by atoms with van der Waals surface area (Å²) in [7, 11) is -3.91. The summed E-state index contributed by atoms with van der Waals surface area (Å²) in [6, 6.07) is 29.0. The summed E-state index contributed by atoms with van der Waals surface area (Å²) in [6.07, 6.45) is 3.28. The Bertz CT molecular complexity index is 2310. The van der Waals surface area contributed by atoms with E-state index in [0.717, 1.165) is 33.5 Å². The van der Waals surface area contributed by atoms with E-state index in [1.807, 2.05) is 79.7 Å². The van der Waals surface area contributed by atoms with Crippen LogP contribution in [0.25, 0.3) is 22.5 Å². The molecule has 1 aliphatic rings. The second-order valence-corrected chi connectivity index (χ2v) is 17.3. The number of nitrogens with one attached hydrogen (secondary N) is 2. The molecule has 2 N–H and O–H groups in total. The summed E-state index contributed by atoms with van der Waals surface area (Å²) < 4.78 is 34.0. The topological polar surface area (TPSA) is 140 Å². The van der Waals surface area contributed by atoms with E-state index in [0.29, 0.717) is 24.2 Å². The molecule has 0 aliphatic carbocycles. The van der Waals surface area contributed by atoms with Crippen LogP contribution < -0.4 is 15.5 Å². The van der Waals surface area contributed by atoms with Gasteiger partial charge in [-0.2, -0.15) is 0 Å². The van der Waals surface area contributed by atoms with Crippen LogP contribution in [-0.4, -0.2) is 52.5 Å². The number of amides is 3. The Morgan fingerprint density at radius 1 is 0.873 bits per heavy atom. The minimum Gasteiger partial charge on any atom is -0.444 e. The first-order chi connectivity index (χ1) is 26.0. The third-order valence-corrected chi connectivity index (χ3v) is 11.0. The molecule has 5 aromatic rings. The zero-order chi connectivity index (χ0) is 39.5. The van der Waals surface area contributed by atoms with E-state index in [4.69, 9.17) is 4.74 Å². The lowest BCUT2D eigenvalue weighted by Crippen LogP contribution is -2.52. The van der Waals surface area contributed by atoms with E-state index >= 15 is 0 Å². The molecule has 286 valence electrons. The molecule has 2 heterocycles. The van der Waals surface area contributed by atoms with Crippen molar-refractivity contribution < 1.29 is 27.5 Å². The number of carbonyl (C=O) groups is 3. The lowest BCUT2D eigenvalue weighted by atomic mass is 9.98. The second kappa shape index (κ2) is 15.5. The second-order valence-electron chi connectivity index (χ2n) is 15.5. The number of hydrogen-bond donors (Lipinski definition) is 2. The van der Waals surface area contributed by atoms with Crippen molar-refractivity contribution in [1.29, 1.82) is 0 Å². The van der Waals surface area contributed by atoms with Crippen molar-refractivity contribution in [2.24, 2.45) is 0 Å². The smallest absolute Gasteiger partial charge is 0.408 e. The lowest BCUT2D eigenvalue weighted by Gasteiger charge is -2.29. The Morgan fingerprint density at radius 3 is 2.22 bits per heavy atom. The van der Waals surface area contributed by atoms with Crippen molar-refractivity contribution in [3.05, 3.63) is 126 Å². The maximum atomic E-state index is 14.2. The van der Waals surface area contributed by atoms with Crippen molar-refractivity contribution in [2.75, 3.05) is 4.90 Å². The highest BCUT2D eigenvalue weighted by Crippen LogP contribution is 2.34. The normalized spacial score (nSPS) is 14.8. The van der Waals surface area contributed by atoms with Crippen molar-refractivity contribution in [1.82, 2.24) is 19.6 Å². The van der Waals surface area contributed by atoms with Gasteiger partial charge >= 0.3 is 6.09 Å². The van der Waals surface area contributed by atoms with E-state index in [1.165, 1.54) is 16.4 Å². The molecule has 3 amide bonds. The molecule has 0 saturated heterocycles. The maximum Gasteiger partial charge on any atom is 0.408 e. The van der Waals surface area contributed by atoms with Gasteiger partial charge in [0.05, 0.1) is 11.4 Å². The molecule has 55 heavy (non-hydrogen) atoms. The van der Waals surface area contributed by atoms with E-state index in [-0.39, 0.29) is 29.7 Å². The number of benzene rings is 4. The number of fused-ring (bicyclic) bond motifs is 1. The molecule has 0 fully saturated rings. The molecule has 0 spiro atoms. The predicted molar refractivity (Wildman–Crippen MR) is 213 cm³/mol. The third-order valence-electron chi connectivity index (χ3n) is 9.28. The van der Waals surface area contributed by atoms with Gasteiger partial charge in [0.2, 0.25) is 11.8 Å². The van der Waals surface area contributed by atoms with Gasteiger partial charge < -0.3 is 20.3 Å². The lowest BCUT2D eigenvalue weighted by molar-refractivity contribution is -0.128. The largest absolute Gasteiger partial charge is 0.444 e. The first kappa shape index (κ1) is 39.0. The van der Waals surface area contributed by atoms with Crippen LogP contribution in [-0.2, 0) is 37.3 Å². The summed E-state index contributed by atoms with van der Waals surface area (Å²) in [5.41, 5.74) is 4.29. The van der Waals surface area contributed by atoms with Crippen LogP contribution in [0, 0.1) is 6.92 Å². The fourth-order valence-corrected chi connectivity index (χ4v) is 7.98. The molecule has 12 heteroatoms. The Hall–Kier alpha value is -5.75. The van der Waals surface area contributed by atoms with Crippen LogP contribution in [0.4, 0.5) is 10.5 Å². The number of rotatable bonds is 10. The summed E-state index contributed by atoms with van der Waals surface area (Å²) in [5.74, 6) is -0.294. The molecule has 1 aromatic heterocycles. The summed E-state index contributed by atoms with van der Waals surface area (Å²) >= 11 is 0. The minimum atomic E-state index is -3.91. The van der Waals surface area contributed by atoms with Gasteiger partial charge in [-0.25, -0.2) is 22.2 Å². The molecular formula is C43H47N5O6S. The molecule has 0 radical (unpaired) electrons. The van der Waals surface area contributed by atoms with Gasteiger partial charge in [-0.3, -0.25) is 9.59 Å². The SMILES string of the molecule is Cc1ccc(S(=O)(=O)n2ccnc2-c2ccccc2-c2ccc(CN3C(=O)[C@H](NC(=O)CC(C)(C)NC(=O)OC(C)(C)C)CCc4ccccc43)cc2)cc1. The number of para-hydroxylation sites is 1. The highest BCUT2D eigenvalue weighted by atomic mass is 32.2. The summed E-state index contributed by atoms with van der Waals surface area (Å²) in [4.78, 5) is 46.3. The Labute approximate surface area is 322 Å². The summed E-state index contributed by atoms with van der Waals surface area (Å²) in [6.45, 7) is 10.9. The summed E-state index contributed by atoms with van der Waals surface area (Å²) in [5, 5.41) is 5.70. The highest BCUT2D eigenvalue weighted by Gasteiger charge is 2.34. The Kier molecular flexibility index (Phi) is 11.0. The average Bonchev–Trinajstić information content (AvgIpc) is 3.58. The van der Waals surface area contributed by atoms with Crippen LogP contribution >= 0.6 is 0 Å². The van der Waals surface area contributed by atoms with Crippen molar-refractivity contribution in [3.8, 4) is 22.5 Å². The number of hydrogen-bond acceptors (Lipinski definition) is 7. The number of alkyl carbamates (subject to hydrolysis) is 1. The number of carbonyl (C=O) groups excluding carboxylic acids is 3. The molecule has 0 unspecified atom stereocenters. The van der Waals surface area contributed by atoms with Crippen LogP contribution in [0.3, 0.4) is 0 Å². The molecule has 1 atom stereocenters. The quantitative estimate of drug-likeness (QED) is 0.151. The molecule has 0 saturated carbocycles. The van der Waals surface area contributed by atoms with Crippen molar-refractivity contribution in [3.63, 3.8) is 0 Å². The fraction of sp³-hybridized carbons (Fsp3) is 0.302. The van der Waals surface area contributed by atoms with E-state index < -0.39 is 33.3 Å². The van der Waals surface area contributed by atoms with Gasteiger partial charge in [0.15, 0.2) is 5.82 Å². The first-order valence-electron chi connectivity index (χ1n) is 18.2. The number of imidazole rings is 1.